The van der Waals surface area contributed by atoms with Gasteiger partial charge in [-0.15, -0.1) is 11.3 Å². The van der Waals surface area contributed by atoms with Crippen LogP contribution in [0.2, 0.25) is 0 Å². The Morgan fingerprint density at radius 2 is 1.56 bits per heavy atom. The predicted molar refractivity (Wildman–Crippen MR) is 119 cm³/mol. The molecule has 0 saturated carbocycles. The van der Waals surface area contributed by atoms with Gasteiger partial charge in [0.25, 0.3) is 15.9 Å². The summed E-state index contributed by atoms with van der Waals surface area (Å²) in [4.78, 5) is 16.3. The van der Waals surface area contributed by atoms with Crippen molar-refractivity contribution in [2.75, 3.05) is 10.0 Å². The minimum Gasteiger partial charge on any atom is -0.322 e. The molecule has 0 saturated heterocycles. The number of amides is 1. The van der Waals surface area contributed by atoms with Crippen LogP contribution in [0, 0.1) is 11.6 Å². The molecule has 10 heteroatoms. The second-order valence-electron chi connectivity index (χ2n) is 6.63. The Hall–Kier alpha value is -3.63. The number of benzene rings is 3. The molecule has 0 spiro atoms. The molecule has 6 nitrogen and oxygen atoms in total. The van der Waals surface area contributed by atoms with Crippen molar-refractivity contribution < 1.29 is 22.0 Å². The van der Waals surface area contributed by atoms with E-state index >= 15 is 0 Å². The number of sulfonamides is 1. The van der Waals surface area contributed by atoms with Gasteiger partial charge in [-0.2, -0.15) is 0 Å². The summed E-state index contributed by atoms with van der Waals surface area (Å²) in [5.41, 5.74) is 2.01. The topological polar surface area (TPSA) is 88.2 Å². The summed E-state index contributed by atoms with van der Waals surface area (Å²) in [7, 11) is -4.12. The molecule has 0 unspecified atom stereocenters. The lowest BCUT2D eigenvalue weighted by Gasteiger charge is -2.10. The second-order valence-corrected chi connectivity index (χ2v) is 9.20. The molecule has 0 aliphatic heterocycles. The van der Waals surface area contributed by atoms with Crippen LogP contribution in [0.4, 0.5) is 20.2 Å². The van der Waals surface area contributed by atoms with E-state index in [4.69, 9.17) is 0 Å². The fraction of sp³-hybridized carbons (Fsp3) is 0. The van der Waals surface area contributed by atoms with Gasteiger partial charge < -0.3 is 5.32 Å². The number of carbonyl (C=O) groups excluding carboxylic acids is 1. The molecule has 3 aromatic carbocycles. The van der Waals surface area contributed by atoms with Gasteiger partial charge in [0.1, 0.15) is 5.01 Å². The Balaban J connectivity index is 1.42. The number of anilines is 2. The zero-order valence-corrected chi connectivity index (χ0v) is 17.9. The monoisotopic (exact) mass is 471 g/mol. The number of aromatic nitrogens is 1. The Morgan fingerprint density at radius 1 is 0.875 bits per heavy atom. The molecule has 0 atom stereocenters. The minimum absolute atomic E-state index is 0.166. The third-order valence-electron chi connectivity index (χ3n) is 4.42. The van der Waals surface area contributed by atoms with Crippen LogP contribution in [0.3, 0.4) is 0 Å². The Kier molecular flexibility index (Phi) is 5.97. The number of rotatable bonds is 6. The zero-order chi connectivity index (χ0) is 22.7. The molecule has 4 aromatic rings. The highest BCUT2D eigenvalue weighted by Gasteiger charge is 2.17. The van der Waals surface area contributed by atoms with Crippen LogP contribution < -0.4 is 10.0 Å². The number of hydrogen-bond acceptors (Lipinski definition) is 5. The van der Waals surface area contributed by atoms with Crippen molar-refractivity contribution in [1.82, 2.24) is 4.98 Å². The summed E-state index contributed by atoms with van der Waals surface area (Å²) >= 11 is 1.52. The summed E-state index contributed by atoms with van der Waals surface area (Å²) < 4.78 is 53.4. The van der Waals surface area contributed by atoms with Crippen molar-refractivity contribution in [3.63, 3.8) is 0 Å². The maximum absolute atomic E-state index is 13.3. The molecule has 0 aliphatic carbocycles. The highest BCUT2D eigenvalue weighted by molar-refractivity contribution is 7.92. The Bertz CT molecular complexity index is 1360. The maximum Gasteiger partial charge on any atom is 0.261 e. The number of hydrogen-bond donors (Lipinski definition) is 2. The van der Waals surface area contributed by atoms with Crippen LogP contribution in [0.1, 0.15) is 10.4 Å². The van der Waals surface area contributed by atoms with Gasteiger partial charge in [-0.3, -0.25) is 9.52 Å². The van der Waals surface area contributed by atoms with E-state index in [2.05, 4.69) is 15.0 Å². The second kappa shape index (κ2) is 8.85. The van der Waals surface area contributed by atoms with Gasteiger partial charge in [-0.1, -0.05) is 0 Å². The lowest BCUT2D eigenvalue weighted by Crippen LogP contribution is -2.14. The normalized spacial score (nSPS) is 11.2. The molecule has 4 rings (SSSR count). The molecule has 1 heterocycles. The third-order valence-corrected chi connectivity index (χ3v) is 6.62. The van der Waals surface area contributed by atoms with Gasteiger partial charge >= 0.3 is 0 Å². The molecule has 0 bridgehead atoms. The summed E-state index contributed by atoms with van der Waals surface area (Å²) in [6.07, 6.45) is 1.72. The maximum atomic E-state index is 13.3. The van der Waals surface area contributed by atoms with Gasteiger partial charge in [-0.25, -0.2) is 22.2 Å². The minimum atomic E-state index is -4.12. The van der Waals surface area contributed by atoms with Crippen LogP contribution in [-0.4, -0.2) is 19.3 Å². The van der Waals surface area contributed by atoms with E-state index in [0.717, 1.165) is 22.7 Å². The van der Waals surface area contributed by atoms with Crippen molar-refractivity contribution in [2.24, 2.45) is 0 Å². The predicted octanol–water partition coefficient (Wildman–Crippen LogP) is 5.14. The van der Waals surface area contributed by atoms with Crippen LogP contribution in [-0.2, 0) is 10.0 Å². The van der Waals surface area contributed by atoms with Gasteiger partial charge in [-0.05, 0) is 66.7 Å². The molecule has 1 amide bonds. The fourth-order valence-corrected chi connectivity index (χ4v) is 4.53. The van der Waals surface area contributed by atoms with Crippen LogP contribution in [0.15, 0.2) is 83.2 Å². The van der Waals surface area contributed by atoms with Crippen LogP contribution >= 0.6 is 11.3 Å². The lowest BCUT2D eigenvalue weighted by atomic mass is 10.1. The van der Waals surface area contributed by atoms with Crippen LogP contribution in [0.25, 0.3) is 10.6 Å². The molecule has 0 radical (unpaired) electrons. The summed E-state index contributed by atoms with van der Waals surface area (Å²) in [6.45, 7) is 0. The van der Waals surface area contributed by atoms with E-state index in [1.165, 1.54) is 35.6 Å². The van der Waals surface area contributed by atoms with Gasteiger partial charge in [0.2, 0.25) is 0 Å². The highest BCUT2D eigenvalue weighted by Crippen LogP contribution is 2.24. The first-order chi connectivity index (χ1) is 15.3. The van der Waals surface area contributed by atoms with Crippen molar-refractivity contribution in [3.8, 4) is 10.6 Å². The van der Waals surface area contributed by atoms with E-state index in [0.29, 0.717) is 17.3 Å². The van der Waals surface area contributed by atoms with E-state index in [-0.39, 0.29) is 11.6 Å². The van der Waals surface area contributed by atoms with E-state index in [9.17, 15) is 22.0 Å². The smallest absolute Gasteiger partial charge is 0.261 e. The largest absolute Gasteiger partial charge is 0.322 e. The Labute approximate surface area is 186 Å². The summed E-state index contributed by atoms with van der Waals surface area (Å²) in [5, 5.41) is 5.52. The zero-order valence-electron chi connectivity index (χ0n) is 16.2. The number of thiazole rings is 1. The van der Waals surface area contributed by atoms with Crippen molar-refractivity contribution in [2.45, 2.75) is 4.90 Å². The number of nitrogens with one attached hydrogen (secondary N) is 2. The lowest BCUT2D eigenvalue weighted by molar-refractivity contribution is 0.102. The third kappa shape index (κ3) is 4.82. The van der Waals surface area contributed by atoms with Gasteiger partial charge in [0.05, 0.1) is 4.90 Å². The molecule has 2 N–H and O–H groups in total. The molecule has 162 valence electrons. The van der Waals surface area contributed by atoms with E-state index < -0.39 is 26.6 Å². The molecular formula is C22H15F2N3O3S2. The van der Waals surface area contributed by atoms with E-state index in [1.807, 2.05) is 17.5 Å². The SMILES string of the molecule is O=C(Nc1ccc(-c2nccs2)cc1)c1ccc(NS(=O)(=O)c2ccc(F)c(F)c2)cc1. The summed E-state index contributed by atoms with van der Waals surface area (Å²) in [6, 6.07) is 15.2. The average molecular weight is 472 g/mol. The number of nitrogens with zero attached hydrogens (tertiary/aromatic N) is 1. The number of carbonyl (C=O) groups is 1. The molecule has 0 fully saturated rings. The fourth-order valence-electron chi connectivity index (χ4n) is 2.81. The van der Waals surface area contributed by atoms with E-state index in [1.54, 1.807) is 18.3 Å². The average Bonchev–Trinajstić information content (AvgIpc) is 3.31. The first kappa shape index (κ1) is 21.6. The van der Waals surface area contributed by atoms with Gasteiger partial charge in [0.15, 0.2) is 11.6 Å². The Morgan fingerprint density at radius 3 is 2.19 bits per heavy atom. The molecule has 32 heavy (non-hydrogen) atoms. The van der Waals surface area contributed by atoms with Crippen LogP contribution in [0.5, 0.6) is 0 Å². The molecule has 1 aromatic heterocycles. The number of halogens is 2. The van der Waals surface area contributed by atoms with Crippen molar-refractivity contribution >= 4 is 38.6 Å². The quantitative estimate of drug-likeness (QED) is 0.408. The molecule has 0 aliphatic rings. The van der Waals surface area contributed by atoms with Crippen molar-refractivity contribution in [1.29, 1.82) is 0 Å². The summed E-state index contributed by atoms with van der Waals surface area (Å²) in [5.74, 6) is -2.78. The highest BCUT2D eigenvalue weighted by atomic mass is 32.2. The van der Waals surface area contributed by atoms with Gasteiger partial charge in [0, 0.05) is 34.1 Å². The first-order valence-corrected chi connectivity index (χ1v) is 11.6. The van der Waals surface area contributed by atoms with Crippen molar-refractivity contribution in [3.05, 3.63) is 95.5 Å². The molecular weight excluding hydrogens is 456 g/mol. The standard InChI is InChI=1S/C22H15F2N3O3S2/c23-19-10-9-18(13-20(19)24)32(29,30)27-17-7-1-14(2-8-17)21(28)26-16-5-3-15(4-6-16)22-25-11-12-31-22/h1-13,27H,(H,26,28). The first-order valence-electron chi connectivity index (χ1n) is 9.21.